The fourth-order valence-electron chi connectivity index (χ4n) is 4.65. The van der Waals surface area contributed by atoms with Gasteiger partial charge in [-0.15, -0.1) is 0 Å². The van der Waals surface area contributed by atoms with Crippen LogP contribution in [-0.4, -0.2) is 11.1 Å². The fourth-order valence-corrected chi connectivity index (χ4v) is 4.65. The third-order valence-electron chi connectivity index (χ3n) is 5.87. The van der Waals surface area contributed by atoms with Crippen LogP contribution in [0.3, 0.4) is 0 Å². The number of hydrogen-bond acceptors (Lipinski definition) is 3. The van der Waals surface area contributed by atoms with Gasteiger partial charge in [0.15, 0.2) is 0 Å². The SMILES string of the molecule is CC(C)(C)C1=C(C2CCCCC2)C(c2ccc(-c3ccon3)cc2)NC1=O. The van der Waals surface area contributed by atoms with Crippen LogP contribution in [0, 0.1) is 11.3 Å². The molecule has 1 N–H and O–H groups in total. The van der Waals surface area contributed by atoms with Crippen LogP contribution in [-0.2, 0) is 4.79 Å². The number of aromatic nitrogens is 1. The van der Waals surface area contributed by atoms with Crippen LogP contribution in [0.1, 0.15) is 64.5 Å². The van der Waals surface area contributed by atoms with Crippen molar-refractivity contribution >= 4 is 5.91 Å². The van der Waals surface area contributed by atoms with Gasteiger partial charge in [0.2, 0.25) is 5.91 Å². The summed E-state index contributed by atoms with van der Waals surface area (Å²) in [7, 11) is 0. The Labute approximate surface area is 161 Å². The predicted octanol–water partition coefficient (Wildman–Crippen LogP) is 5.44. The third-order valence-corrected chi connectivity index (χ3v) is 5.87. The molecule has 1 aromatic heterocycles. The molecule has 4 heteroatoms. The van der Waals surface area contributed by atoms with Crippen molar-refractivity contribution in [3.8, 4) is 11.3 Å². The molecule has 1 amide bonds. The Bertz CT molecular complexity index is 836. The summed E-state index contributed by atoms with van der Waals surface area (Å²) < 4.78 is 4.95. The molecular weight excluding hydrogens is 336 g/mol. The fraction of sp³-hybridized carbons (Fsp3) is 0.478. The second kappa shape index (κ2) is 6.99. The van der Waals surface area contributed by atoms with Crippen molar-refractivity contribution < 1.29 is 9.32 Å². The molecule has 1 unspecified atom stereocenters. The summed E-state index contributed by atoms with van der Waals surface area (Å²) in [5.41, 5.74) is 5.19. The van der Waals surface area contributed by atoms with Gasteiger partial charge in [0.05, 0.1) is 6.04 Å². The lowest BCUT2D eigenvalue weighted by molar-refractivity contribution is -0.117. The van der Waals surface area contributed by atoms with Crippen molar-refractivity contribution in [3.05, 3.63) is 53.3 Å². The molecule has 142 valence electrons. The summed E-state index contributed by atoms with van der Waals surface area (Å²) in [6.45, 7) is 6.46. The van der Waals surface area contributed by atoms with E-state index in [1.54, 1.807) is 6.26 Å². The third kappa shape index (κ3) is 3.45. The van der Waals surface area contributed by atoms with E-state index in [4.69, 9.17) is 4.52 Å². The minimum atomic E-state index is -0.147. The van der Waals surface area contributed by atoms with E-state index in [1.165, 1.54) is 37.7 Å². The van der Waals surface area contributed by atoms with Gasteiger partial charge in [0.1, 0.15) is 12.0 Å². The Morgan fingerprint density at radius 1 is 1.04 bits per heavy atom. The maximum atomic E-state index is 12.9. The average molecular weight is 364 g/mol. The minimum Gasteiger partial charge on any atom is -0.364 e. The molecule has 0 bridgehead atoms. The second-order valence-electron chi connectivity index (χ2n) is 8.83. The molecule has 2 heterocycles. The molecule has 2 aliphatic rings. The summed E-state index contributed by atoms with van der Waals surface area (Å²) in [4.78, 5) is 12.9. The number of hydrogen-bond donors (Lipinski definition) is 1. The Kier molecular flexibility index (Phi) is 4.67. The number of carbonyl (C=O) groups is 1. The highest BCUT2D eigenvalue weighted by molar-refractivity contribution is 5.99. The van der Waals surface area contributed by atoms with Gasteiger partial charge in [-0.05, 0) is 35.3 Å². The van der Waals surface area contributed by atoms with Crippen LogP contribution >= 0.6 is 0 Å². The monoisotopic (exact) mass is 364 g/mol. The molecule has 4 rings (SSSR count). The number of carbonyl (C=O) groups excluding carboxylic acids is 1. The molecule has 0 radical (unpaired) electrons. The summed E-state index contributed by atoms with van der Waals surface area (Å²) in [5, 5.41) is 7.29. The van der Waals surface area contributed by atoms with E-state index in [2.05, 4.69) is 55.5 Å². The van der Waals surface area contributed by atoms with E-state index < -0.39 is 0 Å². The predicted molar refractivity (Wildman–Crippen MR) is 106 cm³/mol. The van der Waals surface area contributed by atoms with Crippen LogP contribution in [0.2, 0.25) is 0 Å². The van der Waals surface area contributed by atoms with Crippen LogP contribution in [0.25, 0.3) is 11.3 Å². The lowest BCUT2D eigenvalue weighted by Gasteiger charge is -2.30. The van der Waals surface area contributed by atoms with Gasteiger partial charge >= 0.3 is 0 Å². The summed E-state index contributed by atoms with van der Waals surface area (Å²) in [5.74, 6) is 0.612. The van der Waals surface area contributed by atoms with Crippen molar-refractivity contribution in [2.75, 3.05) is 0 Å². The highest BCUT2D eigenvalue weighted by Gasteiger charge is 2.41. The lowest BCUT2D eigenvalue weighted by atomic mass is 9.74. The first-order valence-corrected chi connectivity index (χ1v) is 10.0. The molecular formula is C23H28N2O2. The number of nitrogens with zero attached hydrogens (tertiary/aromatic N) is 1. The van der Waals surface area contributed by atoms with E-state index in [1.807, 2.05) is 6.07 Å². The van der Waals surface area contributed by atoms with Crippen LogP contribution in [0.4, 0.5) is 0 Å². The lowest BCUT2D eigenvalue weighted by Crippen LogP contribution is -2.25. The quantitative estimate of drug-likeness (QED) is 0.789. The molecule has 1 aliphatic heterocycles. The Hall–Kier alpha value is -2.36. The molecule has 2 aromatic rings. The maximum absolute atomic E-state index is 12.9. The largest absolute Gasteiger partial charge is 0.364 e. The van der Waals surface area contributed by atoms with Crippen molar-refractivity contribution in [2.24, 2.45) is 11.3 Å². The van der Waals surface area contributed by atoms with E-state index in [0.29, 0.717) is 5.92 Å². The molecule has 1 aromatic carbocycles. The van der Waals surface area contributed by atoms with Crippen LogP contribution in [0.5, 0.6) is 0 Å². The Morgan fingerprint density at radius 2 is 1.74 bits per heavy atom. The minimum absolute atomic E-state index is 0.0128. The highest BCUT2D eigenvalue weighted by atomic mass is 16.5. The van der Waals surface area contributed by atoms with Gasteiger partial charge in [-0.25, -0.2) is 0 Å². The van der Waals surface area contributed by atoms with Gasteiger partial charge in [-0.3, -0.25) is 4.79 Å². The topological polar surface area (TPSA) is 55.1 Å². The van der Waals surface area contributed by atoms with Crippen molar-refractivity contribution in [1.82, 2.24) is 10.5 Å². The van der Waals surface area contributed by atoms with Crippen LogP contribution in [0.15, 0.2) is 52.3 Å². The number of amides is 1. The summed E-state index contributed by atoms with van der Waals surface area (Å²) >= 11 is 0. The van der Waals surface area contributed by atoms with Gasteiger partial charge in [-0.1, -0.05) is 69.5 Å². The first kappa shape index (κ1) is 18.0. The van der Waals surface area contributed by atoms with Crippen molar-refractivity contribution in [2.45, 2.75) is 58.9 Å². The average Bonchev–Trinajstić information content (AvgIpc) is 3.30. The summed E-state index contributed by atoms with van der Waals surface area (Å²) in [6, 6.07) is 10.2. The van der Waals surface area contributed by atoms with Crippen molar-refractivity contribution in [3.63, 3.8) is 0 Å². The number of rotatable bonds is 3. The molecule has 0 saturated heterocycles. The van der Waals surface area contributed by atoms with Gasteiger partial charge in [0.25, 0.3) is 0 Å². The molecule has 1 saturated carbocycles. The molecule has 1 atom stereocenters. The molecule has 0 spiro atoms. The van der Waals surface area contributed by atoms with E-state index in [-0.39, 0.29) is 17.4 Å². The standard InChI is InChI=1S/C23H28N2O2/c1-23(2,3)20-19(16-7-5-4-6-8-16)21(24-22(20)26)17-11-9-15(10-12-17)18-13-14-27-25-18/h9-14,16,21H,4-8H2,1-3H3,(H,24,26). The Morgan fingerprint density at radius 3 is 2.33 bits per heavy atom. The first-order chi connectivity index (χ1) is 12.9. The zero-order valence-corrected chi connectivity index (χ0v) is 16.4. The molecule has 27 heavy (non-hydrogen) atoms. The zero-order valence-electron chi connectivity index (χ0n) is 16.4. The molecule has 4 nitrogen and oxygen atoms in total. The van der Waals surface area contributed by atoms with Crippen LogP contribution < -0.4 is 5.32 Å². The normalized spacial score (nSPS) is 21.6. The van der Waals surface area contributed by atoms with Crippen molar-refractivity contribution in [1.29, 1.82) is 0 Å². The molecule has 1 aliphatic carbocycles. The van der Waals surface area contributed by atoms with E-state index in [0.717, 1.165) is 22.4 Å². The van der Waals surface area contributed by atoms with E-state index in [9.17, 15) is 4.79 Å². The number of nitrogens with one attached hydrogen (secondary N) is 1. The zero-order chi connectivity index (χ0) is 19.0. The van der Waals surface area contributed by atoms with Gasteiger partial charge in [0, 0.05) is 17.2 Å². The van der Waals surface area contributed by atoms with Gasteiger partial charge in [-0.2, -0.15) is 0 Å². The maximum Gasteiger partial charge on any atom is 0.248 e. The summed E-state index contributed by atoms with van der Waals surface area (Å²) in [6.07, 6.45) is 7.80. The molecule has 1 fully saturated rings. The Balaban J connectivity index is 1.72. The second-order valence-corrected chi connectivity index (χ2v) is 8.83. The van der Waals surface area contributed by atoms with E-state index >= 15 is 0 Å². The smallest absolute Gasteiger partial charge is 0.248 e. The first-order valence-electron chi connectivity index (χ1n) is 10.0. The van der Waals surface area contributed by atoms with Gasteiger partial charge < -0.3 is 9.84 Å². The highest BCUT2D eigenvalue weighted by Crippen LogP contribution is 2.46. The number of benzene rings is 1.